The van der Waals surface area contributed by atoms with Crippen LogP contribution in [0.3, 0.4) is 0 Å². The van der Waals surface area contributed by atoms with E-state index in [0.717, 1.165) is 0 Å². The highest BCUT2D eigenvalue weighted by atomic mass is 79.9. The van der Waals surface area contributed by atoms with Crippen LogP contribution in [0.2, 0.25) is 5.02 Å². The van der Waals surface area contributed by atoms with Crippen molar-refractivity contribution in [1.82, 2.24) is 5.32 Å². The van der Waals surface area contributed by atoms with E-state index in [4.69, 9.17) is 26.2 Å². The lowest BCUT2D eigenvalue weighted by Crippen LogP contribution is -2.30. The first kappa shape index (κ1) is 17.2. The van der Waals surface area contributed by atoms with Crippen molar-refractivity contribution >= 4 is 33.4 Å². The van der Waals surface area contributed by atoms with Crippen LogP contribution >= 0.6 is 27.5 Å². The minimum absolute atomic E-state index is 0.0101. The Labute approximate surface area is 131 Å². The Morgan fingerprint density at radius 2 is 2.20 bits per heavy atom. The molecule has 112 valence electrons. The van der Waals surface area contributed by atoms with Crippen molar-refractivity contribution in [1.29, 1.82) is 0 Å². The first-order valence-electron chi connectivity index (χ1n) is 6.16. The highest BCUT2D eigenvalue weighted by Gasteiger charge is 2.05. The smallest absolute Gasteiger partial charge is 0.257 e. The first-order chi connectivity index (χ1) is 9.63. The van der Waals surface area contributed by atoms with Crippen LogP contribution in [-0.4, -0.2) is 44.0 Å². The maximum Gasteiger partial charge on any atom is 0.257 e. The van der Waals surface area contributed by atoms with Gasteiger partial charge in [-0.2, -0.15) is 0 Å². The Bertz CT molecular complexity index is 431. The average Bonchev–Trinajstić information content (AvgIpc) is 2.41. The largest absolute Gasteiger partial charge is 0.483 e. The lowest BCUT2D eigenvalue weighted by Gasteiger charge is -2.09. The lowest BCUT2D eigenvalue weighted by atomic mass is 10.3. The second-order valence-corrected chi connectivity index (χ2v) is 5.19. The number of aliphatic hydroxyl groups is 1. The van der Waals surface area contributed by atoms with Crippen molar-refractivity contribution in [2.24, 2.45) is 0 Å². The van der Waals surface area contributed by atoms with Crippen LogP contribution < -0.4 is 10.1 Å². The monoisotopic (exact) mass is 365 g/mol. The van der Waals surface area contributed by atoms with Gasteiger partial charge in [-0.15, -0.1) is 0 Å². The summed E-state index contributed by atoms with van der Waals surface area (Å²) in [4.78, 5) is 11.5. The van der Waals surface area contributed by atoms with E-state index >= 15 is 0 Å². The number of aliphatic hydroxyl groups excluding tert-OH is 1. The van der Waals surface area contributed by atoms with Gasteiger partial charge >= 0.3 is 0 Å². The number of carbonyl (C=O) groups excluding carboxylic acids is 1. The molecule has 0 bridgehead atoms. The number of benzene rings is 1. The molecule has 0 aliphatic heterocycles. The number of ether oxygens (including phenoxy) is 2. The molecule has 0 spiro atoms. The highest BCUT2D eigenvalue weighted by molar-refractivity contribution is 9.10. The molecular formula is C13H17BrClNO4. The second kappa shape index (κ2) is 9.99. The van der Waals surface area contributed by atoms with Gasteiger partial charge in [0, 0.05) is 18.2 Å². The quantitative estimate of drug-likeness (QED) is 0.656. The summed E-state index contributed by atoms with van der Waals surface area (Å²) in [6.45, 7) is 1.29. The van der Waals surface area contributed by atoms with Crippen LogP contribution in [0.15, 0.2) is 22.7 Å². The molecule has 0 aliphatic carbocycles. The van der Waals surface area contributed by atoms with Gasteiger partial charge in [0.1, 0.15) is 5.75 Å². The molecule has 1 amide bonds. The van der Waals surface area contributed by atoms with Crippen LogP contribution in [0.4, 0.5) is 0 Å². The average molecular weight is 367 g/mol. The van der Waals surface area contributed by atoms with Gasteiger partial charge in [-0.05, 0) is 40.5 Å². The van der Waals surface area contributed by atoms with Gasteiger partial charge in [0.25, 0.3) is 5.91 Å². The molecule has 0 saturated heterocycles. The fourth-order valence-corrected chi connectivity index (χ4v) is 2.15. The molecular weight excluding hydrogens is 350 g/mol. The fourth-order valence-electron chi connectivity index (χ4n) is 1.36. The summed E-state index contributed by atoms with van der Waals surface area (Å²) in [5, 5.41) is 11.8. The SMILES string of the molecule is O=C(COc1ccc(Cl)cc1Br)NCCCOCCO. The number of rotatable bonds is 9. The molecule has 1 aromatic carbocycles. The molecule has 20 heavy (non-hydrogen) atoms. The summed E-state index contributed by atoms with van der Waals surface area (Å²) in [6, 6.07) is 5.09. The van der Waals surface area contributed by atoms with Gasteiger partial charge in [0.05, 0.1) is 17.7 Å². The zero-order valence-corrected chi connectivity index (χ0v) is 13.2. The van der Waals surface area contributed by atoms with Crippen LogP contribution in [-0.2, 0) is 9.53 Å². The maximum atomic E-state index is 11.5. The van der Waals surface area contributed by atoms with Crippen molar-refractivity contribution in [3.05, 3.63) is 27.7 Å². The van der Waals surface area contributed by atoms with Gasteiger partial charge in [0.2, 0.25) is 0 Å². The van der Waals surface area contributed by atoms with E-state index in [1.807, 2.05) is 0 Å². The number of nitrogens with one attached hydrogen (secondary N) is 1. The van der Waals surface area contributed by atoms with E-state index in [0.29, 0.717) is 41.4 Å². The van der Waals surface area contributed by atoms with E-state index in [9.17, 15) is 4.79 Å². The van der Waals surface area contributed by atoms with Crippen molar-refractivity contribution in [3.63, 3.8) is 0 Å². The molecule has 0 heterocycles. The topological polar surface area (TPSA) is 67.8 Å². The van der Waals surface area contributed by atoms with Gasteiger partial charge < -0.3 is 19.9 Å². The summed E-state index contributed by atoms with van der Waals surface area (Å²) in [7, 11) is 0. The molecule has 0 unspecified atom stereocenters. The summed E-state index contributed by atoms with van der Waals surface area (Å²) in [6.07, 6.45) is 0.691. The Morgan fingerprint density at radius 3 is 2.90 bits per heavy atom. The molecule has 0 saturated carbocycles. The molecule has 7 heteroatoms. The molecule has 1 aromatic rings. The van der Waals surface area contributed by atoms with Crippen LogP contribution in [0.25, 0.3) is 0 Å². The Morgan fingerprint density at radius 1 is 1.40 bits per heavy atom. The van der Waals surface area contributed by atoms with E-state index in [1.54, 1.807) is 18.2 Å². The first-order valence-corrected chi connectivity index (χ1v) is 7.33. The number of hydrogen-bond acceptors (Lipinski definition) is 4. The molecule has 2 N–H and O–H groups in total. The third-order valence-electron chi connectivity index (χ3n) is 2.28. The van der Waals surface area contributed by atoms with Crippen molar-refractivity contribution in [2.45, 2.75) is 6.42 Å². The van der Waals surface area contributed by atoms with Crippen molar-refractivity contribution in [2.75, 3.05) is 33.0 Å². The maximum absolute atomic E-state index is 11.5. The van der Waals surface area contributed by atoms with Gasteiger partial charge in [-0.1, -0.05) is 11.6 Å². The van der Waals surface area contributed by atoms with Crippen LogP contribution in [0, 0.1) is 0 Å². The summed E-state index contributed by atoms with van der Waals surface area (Å²) in [5.74, 6) is 0.366. The van der Waals surface area contributed by atoms with Crippen molar-refractivity contribution in [3.8, 4) is 5.75 Å². The van der Waals surface area contributed by atoms with Crippen molar-refractivity contribution < 1.29 is 19.4 Å². The molecule has 0 radical (unpaired) electrons. The minimum Gasteiger partial charge on any atom is -0.483 e. The Balaban J connectivity index is 2.16. The predicted molar refractivity (Wildman–Crippen MR) is 80.2 cm³/mol. The number of halogens is 2. The third-order valence-corrected chi connectivity index (χ3v) is 3.13. The molecule has 5 nitrogen and oxygen atoms in total. The van der Waals surface area contributed by atoms with E-state index in [-0.39, 0.29) is 19.1 Å². The second-order valence-electron chi connectivity index (χ2n) is 3.90. The zero-order chi connectivity index (χ0) is 14.8. The predicted octanol–water partition coefficient (Wildman–Crippen LogP) is 2.00. The lowest BCUT2D eigenvalue weighted by molar-refractivity contribution is -0.123. The summed E-state index contributed by atoms with van der Waals surface area (Å²) < 4.78 is 11.1. The van der Waals surface area contributed by atoms with Gasteiger partial charge in [0.15, 0.2) is 6.61 Å². The highest BCUT2D eigenvalue weighted by Crippen LogP contribution is 2.27. The molecule has 1 rings (SSSR count). The summed E-state index contributed by atoms with van der Waals surface area (Å²) >= 11 is 9.11. The Hall–Kier alpha value is -0.820. The number of carbonyl (C=O) groups is 1. The number of amides is 1. The standard InChI is InChI=1S/C13H17BrClNO4/c14-11-8-10(15)2-3-12(11)20-9-13(18)16-4-1-6-19-7-5-17/h2-3,8,17H,1,4-7,9H2,(H,16,18). The third kappa shape index (κ3) is 7.09. The van der Waals surface area contributed by atoms with E-state index in [2.05, 4.69) is 21.2 Å². The molecule has 0 atom stereocenters. The Kier molecular flexibility index (Phi) is 8.60. The molecule has 0 aliphatic rings. The fraction of sp³-hybridized carbons (Fsp3) is 0.462. The zero-order valence-electron chi connectivity index (χ0n) is 10.9. The minimum atomic E-state index is -0.200. The van der Waals surface area contributed by atoms with E-state index in [1.165, 1.54) is 0 Å². The van der Waals surface area contributed by atoms with Crippen LogP contribution in [0.5, 0.6) is 5.75 Å². The van der Waals surface area contributed by atoms with Gasteiger partial charge in [-0.3, -0.25) is 4.79 Å². The number of hydrogen-bond donors (Lipinski definition) is 2. The normalized spacial score (nSPS) is 10.3. The summed E-state index contributed by atoms with van der Waals surface area (Å²) in [5.41, 5.74) is 0. The van der Waals surface area contributed by atoms with Gasteiger partial charge in [-0.25, -0.2) is 0 Å². The van der Waals surface area contributed by atoms with E-state index < -0.39 is 0 Å². The van der Waals surface area contributed by atoms with Crippen LogP contribution in [0.1, 0.15) is 6.42 Å². The molecule has 0 aromatic heterocycles. The molecule has 0 fully saturated rings.